The first kappa shape index (κ1) is 60.3. The van der Waals surface area contributed by atoms with Crippen molar-refractivity contribution in [3.05, 3.63) is 35.9 Å². The number of carboxylic acid groups (broad SMARTS) is 1. The van der Waals surface area contributed by atoms with Gasteiger partial charge < -0.3 is 77.9 Å². The van der Waals surface area contributed by atoms with E-state index in [2.05, 4.69) is 31.9 Å². The van der Waals surface area contributed by atoms with E-state index >= 15 is 0 Å². The number of hydrogen-bond acceptors (Lipinski definition) is 15. The summed E-state index contributed by atoms with van der Waals surface area (Å²) in [7, 11) is 0. The van der Waals surface area contributed by atoms with Crippen LogP contribution in [0.1, 0.15) is 91.5 Å². The molecule has 3 aliphatic heterocycles. The molecule has 0 radical (unpaired) electrons. The van der Waals surface area contributed by atoms with Gasteiger partial charge in [0.25, 0.3) is 0 Å². The van der Waals surface area contributed by atoms with E-state index in [-0.39, 0.29) is 57.7 Å². The van der Waals surface area contributed by atoms with Gasteiger partial charge in [0, 0.05) is 19.6 Å². The molecule has 9 amide bonds. The zero-order valence-corrected chi connectivity index (χ0v) is 42.7. The highest BCUT2D eigenvalue weighted by Crippen LogP contribution is 2.24. The molecule has 4 rings (SSSR count). The molecule has 12 atom stereocenters. The molecule has 74 heavy (non-hydrogen) atoms. The van der Waals surface area contributed by atoms with Crippen molar-refractivity contribution in [2.45, 2.75) is 159 Å². The van der Waals surface area contributed by atoms with Crippen LogP contribution in [-0.4, -0.2) is 205 Å². The predicted molar refractivity (Wildman–Crippen MR) is 263 cm³/mol. The number of amides is 9. The number of nitrogens with one attached hydrogen (secondary N) is 6. The molecule has 25 nitrogen and oxygen atoms in total. The molecular formula is C49H76N10O15. The maximum atomic E-state index is 14.3. The average molecular weight is 1050 g/mol. The van der Waals surface area contributed by atoms with E-state index in [1.807, 2.05) is 0 Å². The van der Waals surface area contributed by atoms with Gasteiger partial charge in [0.15, 0.2) is 0 Å². The van der Waals surface area contributed by atoms with Gasteiger partial charge >= 0.3 is 5.97 Å². The monoisotopic (exact) mass is 1040 g/mol. The van der Waals surface area contributed by atoms with E-state index < -0.39 is 151 Å². The van der Waals surface area contributed by atoms with Crippen molar-refractivity contribution >= 4 is 59.1 Å². The Hall–Kier alpha value is -6.28. The van der Waals surface area contributed by atoms with Gasteiger partial charge in [-0.1, -0.05) is 64.4 Å². The largest absolute Gasteiger partial charge is 0.480 e. The quantitative estimate of drug-likeness (QED) is 0.0420. The molecule has 3 aliphatic rings. The van der Waals surface area contributed by atoms with Crippen LogP contribution in [0.25, 0.3) is 0 Å². The first-order valence-electron chi connectivity index (χ1n) is 25.3. The minimum absolute atomic E-state index is 0.0130. The number of aliphatic carboxylic acids is 1. The van der Waals surface area contributed by atoms with Crippen LogP contribution in [0.15, 0.2) is 30.3 Å². The Morgan fingerprint density at radius 3 is 1.46 bits per heavy atom. The van der Waals surface area contributed by atoms with Crippen molar-refractivity contribution in [2.24, 2.45) is 17.6 Å². The van der Waals surface area contributed by atoms with E-state index in [4.69, 9.17) is 5.73 Å². The number of carbonyl (C=O) groups excluding carboxylic acids is 9. The van der Waals surface area contributed by atoms with Crippen LogP contribution in [0.2, 0.25) is 0 Å². The fourth-order valence-electron chi connectivity index (χ4n) is 9.36. The number of carbonyl (C=O) groups is 10. The van der Waals surface area contributed by atoms with Crippen molar-refractivity contribution in [3.8, 4) is 0 Å². The van der Waals surface area contributed by atoms with E-state index in [1.54, 1.807) is 58.0 Å². The van der Waals surface area contributed by atoms with Crippen LogP contribution < -0.4 is 37.6 Å². The van der Waals surface area contributed by atoms with Crippen LogP contribution in [0, 0.1) is 11.8 Å². The fraction of sp³-hybridized carbons (Fsp3) is 0.673. The number of benzene rings is 1. The highest BCUT2D eigenvalue weighted by molar-refractivity contribution is 5.99. The maximum absolute atomic E-state index is 14.3. The highest BCUT2D eigenvalue weighted by atomic mass is 16.4. The molecule has 0 bridgehead atoms. The average Bonchev–Trinajstić information content (AvgIpc) is 4.19. The Balaban J connectivity index is 1.40. The second-order valence-corrected chi connectivity index (χ2v) is 19.7. The van der Waals surface area contributed by atoms with Gasteiger partial charge in [-0.25, -0.2) is 4.79 Å². The smallest absolute Gasteiger partial charge is 0.328 e. The van der Waals surface area contributed by atoms with Gasteiger partial charge in [-0.05, 0) is 75.7 Å². The first-order chi connectivity index (χ1) is 35.1. The number of carboxylic acids is 1. The predicted octanol–water partition coefficient (Wildman–Crippen LogP) is -4.03. The molecule has 3 saturated heterocycles. The van der Waals surface area contributed by atoms with Crippen molar-refractivity contribution in [1.82, 2.24) is 46.6 Å². The molecule has 412 valence electrons. The number of nitrogens with zero attached hydrogens (tertiary/aromatic N) is 3. The van der Waals surface area contributed by atoms with Crippen LogP contribution >= 0.6 is 0 Å². The van der Waals surface area contributed by atoms with Gasteiger partial charge in [-0.3, -0.25) is 43.2 Å². The third-order valence-electron chi connectivity index (χ3n) is 13.7. The Morgan fingerprint density at radius 1 is 0.581 bits per heavy atom. The third-order valence-corrected chi connectivity index (χ3v) is 13.7. The summed E-state index contributed by atoms with van der Waals surface area (Å²) in [5.41, 5.74) is 6.90. The van der Waals surface area contributed by atoms with E-state index in [9.17, 15) is 73.5 Å². The summed E-state index contributed by atoms with van der Waals surface area (Å²) in [4.78, 5) is 138. The molecule has 25 heteroatoms. The molecule has 0 unspecified atom stereocenters. The van der Waals surface area contributed by atoms with Crippen molar-refractivity contribution in [2.75, 3.05) is 39.5 Å². The molecular weight excluding hydrogens is 969 g/mol. The van der Waals surface area contributed by atoms with Gasteiger partial charge in [-0.15, -0.1) is 0 Å². The number of rotatable bonds is 26. The maximum Gasteiger partial charge on any atom is 0.328 e. The summed E-state index contributed by atoms with van der Waals surface area (Å²) in [5.74, 6) is -9.26. The minimum atomic E-state index is -1.63. The molecule has 0 aromatic heterocycles. The fourth-order valence-corrected chi connectivity index (χ4v) is 9.36. The number of nitrogens with two attached hydrogens (primary N) is 1. The standard InChI is InChI=1S/C49H76N10O15/c1-6-27(4)38(47(71)58-19-11-16-36(58)43(67)51-31(21-26(2)3)41(65)54-34(25-62)49(73)74)55-42(66)32(23-60)52-44(68)35-15-10-18-57(35)46(70)33(24-61)53-45(69)37-17-12-20-59(37)48(72)39(28(5)63)56-40(64)30(50)22-29-13-8-7-9-14-29/h7-9,13-14,26-28,30-39,60-63H,6,10-12,15-25,50H2,1-5H3,(H,51,67)(H,52,68)(H,53,69)(H,54,65)(H,55,66)(H,56,64)(H,73,74)/t27-,28+,30-,31-,32-,33-,34-,35-,36-,37-,38-,39-/m0/s1. The lowest BCUT2D eigenvalue weighted by molar-refractivity contribution is -0.146. The van der Waals surface area contributed by atoms with Gasteiger partial charge in [-0.2, -0.15) is 0 Å². The molecule has 0 saturated carbocycles. The Morgan fingerprint density at radius 2 is 1.01 bits per heavy atom. The van der Waals surface area contributed by atoms with Gasteiger partial charge in [0.2, 0.25) is 53.2 Å². The lowest BCUT2D eigenvalue weighted by Gasteiger charge is -2.33. The molecule has 0 aliphatic carbocycles. The Labute approximate surface area is 430 Å². The molecule has 1 aromatic rings. The summed E-state index contributed by atoms with van der Waals surface area (Å²) >= 11 is 0. The lowest BCUT2D eigenvalue weighted by atomic mass is 9.96. The molecule has 3 heterocycles. The number of aliphatic hydroxyl groups excluding tert-OH is 4. The molecule has 1 aromatic carbocycles. The number of hydrogen-bond donors (Lipinski definition) is 12. The summed E-state index contributed by atoms with van der Waals surface area (Å²) in [6.45, 7) is 5.79. The van der Waals surface area contributed by atoms with Crippen LogP contribution in [0.4, 0.5) is 0 Å². The zero-order valence-electron chi connectivity index (χ0n) is 42.7. The molecule has 0 spiro atoms. The second kappa shape index (κ2) is 28.4. The minimum Gasteiger partial charge on any atom is -0.480 e. The van der Waals surface area contributed by atoms with E-state index in [0.717, 1.165) is 10.5 Å². The first-order valence-corrected chi connectivity index (χ1v) is 25.3. The highest BCUT2D eigenvalue weighted by Gasteiger charge is 2.45. The topological polar surface area (TPSA) is 380 Å². The normalized spacial score (nSPS) is 21.2. The summed E-state index contributed by atoms with van der Waals surface area (Å²) < 4.78 is 0. The van der Waals surface area contributed by atoms with Crippen molar-refractivity contribution in [1.29, 1.82) is 0 Å². The van der Waals surface area contributed by atoms with Crippen LogP contribution in [0.3, 0.4) is 0 Å². The Bertz CT molecular complexity index is 2150. The van der Waals surface area contributed by atoms with Crippen LogP contribution in [-0.2, 0) is 54.4 Å². The summed E-state index contributed by atoms with van der Waals surface area (Å²) in [6, 6.07) is -4.33. The van der Waals surface area contributed by atoms with Gasteiger partial charge in [0.1, 0.15) is 54.4 Å². The molecule has 3 fully saturated rings. The van der Waals surface area contributed by atoms with Crippen molar-refractivity contribution in [3.63, 3.8) is 0 Å². The van der Waals surface area contributed by atoms with E-state index in [0.29, 0.717) is 25.7 Å². The summed E-state index contributed by atoms with van der Waals surface area (Å²) in [5, 5.41) is 65.0. The van der Waals surface area contributed by atoms with Gasteiger partial charge in [0.05, 0.1) is 32.0 Å². The number of aliphatic hydroxyl groups is 4. The summed E-state index contributed by atoms with van der Waals surface area (Å²) in [6.07, 6.45) is 0.750. The van der Waals surface area contributed by atoms with Crippen LogP contribution in [0.5, 0.6) is 0 Å². The molecule has 13 N–H and O–H groups in total. The second-order valence-electron chi connectivity index (χ2n) is 19.7. The SMILES string of the molecule is CC[C@H](C)[C@H](NC(=O)[C@H](CO)NC(=O)[C@@H]1CCCN1C(=O)[C@H](CO)NC(=O)[C@@H]1CCCN1C(=O)[C@@H](NC(=O)[C@@H](N)Cc1ccccc1)[C@@H](C)O)C(=O)N1CCC[C@H]1C(=O)N[C@@H](CC(C)C)C(=O)N[C@@H](CO)C(=O)O. The Kier molecular flexibility index (Phi) is 23.1. The lowest BCUT2D eigenvalue weighted by Crippen LogP contribution is -2.62. The zero-order chi connectivity index (χ0) is 55.0. The van der Waals surface area contributed by atoms with Crippen molar-refractivity contribution < 1.29 is 73.5 Å². The number of likely N-dealkylation sites (tertiary alicyclic amines) is 3. The third kappa shape index (κ3) is 15.9. The van der Waals surface area contributed by atoms with E-state index in [1.165, 1.54) is 16.7 Å².